The number of aliphatic carboxylic acids is 1. The lowest BCUT2D eigenvalue weighted by Gasteiger charge is -2.34. The van der Waals surface area contributed by atoms with Crippen LogP contribution >= 0.6 is 0 Å². The van der Waals surface area contributed by atoms with Gasteiger partial charge in [-0.15, -0.1) is 0 Å². The molecule has 0 fully saturated rings. The van der Waals surface area contributed by atoms with Crippen molar-refractivity contribution in [2.45, 2.75) is 238 Å². The second-order valence-corrected chi connectivity index (χ2v) is 18.7. The Hall–Kier alpha value is -2.97. The highest BCUT2D eigenvalue weighted by Gasteiger charge is 2.25. The van der Waals surface area contributed by atoms with Gasteiger partial charge >= 0.3 is 11.9 Å². The van der Waals surface area contributed by atoms with Crippen molar-refractivity contribution in [3.63, 3.8) is 0 Å². The number of ether oxygens (including phenoxy) is 3. The van der Waals surface area contributed by atoms with E-state index in [0.717, 1.165) is 57.8 Å². The monoisotopic (exact) mass is 898 g/mol. The fourth-order valence-electron chi connectivity index (χ4n) is 7.64. The van der Waals surface area contributed by atoms with Gasteiger partial charge in [0.05, 0.1) is 40.3 Å². The summed E-state index contributed by atoms with van der Waals surface area (Å²) in [4.78, 5) is 37.0. The highest BCUT2D eigenvalue weighted by molar-refractivity contribution is 5.70. The first-order valence-electron chi connectivity index (χ1n) is 26.3. The quantitative estimate of drug-likeness (QED) is 0.0259. The van der Waals surface area contributed by atoms with Crippen LogP contribution in [0.4, 0.5) is 0 Å². The second kappa shape index (κ2) is 46.6. The van der Waals surface area contributed by atoms with Crippen molar-refractivity contribution in [1.29, 1.82) is 0 Å². The molecule has 2 atom stereocenters. The van der Waals surface area contributed by atoms with Crippen molar-refractivity contribution in [2.75, 3.05) is 41.0 Å². The molecule has 0 radical (unpaired) electrons. The third-order valence-corrected chi connectivity index (χ3v) is 11.7. The number of rotatable bonds is 47. The Kier molecular flexibility index (Phi) is 44.4. The number of carbonyl (C=O) groups is 3. The summed E-state index contributed by atoms with van der Waals surface area (Å²) in [5.74, 6) is -1.80. The number of hydrogen-bond donors (Lipinski definition) is 0. The van der Waals surface area contributed by atoms with Gasteiger partial charge in [-0.25, -0.2) is 0 Å². The van der Waals surface area contributed by atoms with Crippen molar-refractivity contribution < 1.29 is 38.2 Å². The van der Waals surface area contributed by atoms with Crippen LogP contribution in [0, 0.1) is 0 Å². The third-order valence-electron chi connectivity index (χ3n) is 11.7. The first-order valence-corrected chi connectivity index (χ1v) is 26.3. The molecule has 370 valence electrons. The Morgan fingerprint density at radius 2 is 0.875 bits per heavy atom. The van der Waals surface area contributed by atoms with Crippen LogP contribution in [0.25, 0.3) is 0 Å². The molecule has 0 aromatic heterocycles. The van der Waals surface area contributed by atoms with Gasteiger partial charge in [-0.05, 0) is 51.4 Å². The van der Waals surface area contributed by atoms with Crippen molar-refractivity contribution in [3.8, 4) is 0 Å². The third kappa shape index (κ3) is 44.2. The molecule has 0 saturated carbocycles. The average Bonchev–Trinajstić information content (AvgIpc) is 3.26. The zero-order valence-electron chi connectivity index (χ0n) is 42.2. The maximum Gasteiger partial charge on any atom is 0.306 e. The zero-order valence-corrected chi connectivity index (χ0v) is 42.2. The molecular weight excluding hydrogens is 799 g/mol. The van der Waals surface area contributed by atoms with Gasteiger partial charge in [0.2, 0.25) is 0 Å². The summed E-state index contributed by atoms with van der Waals surface area (Å²) in [6.45, 7) is 4.51. The Morgan fingerprint density at radius 3 is 1.28 bits per heavy atom. The van der Waals surface area contributed by atoms with E-state index in [4.69, 9.17) is 14.2 Å². The van der Waals surface area contributed by atoms with Gasteiger partial charge in [0.25, 0.3) is 0 Å². The number of allylic oxidation sites excluding steroid dienone is 10. The number of carboxylic acid groups (broad SMARTS) is 1. The Morgan fingerprint density at radius 1 is 0.484 bits per heavy atom. The lowest BCUT2D eigenvalue weighted by Crippen LogP contribution is -2.55. The Balaban J connectivity index is 4.24. The van der Waals surface area contributed by atoms with Gasteiger partial charge in [0.1, 0.15) is 12.6 Å². The maximum absolute atomic E-state index is 12.7. The molecule has 8 heteroatoms. The molecule has 0 aliphatic carbocycles. The summed E-state index contributed by atoms with van der Waals surface area (Å²) >= 11 is 0. The molecule has 64 heavy (non-hydrogen) atoms. The summed E-state index contributed by atoms with van der Waals surface area (Å²) in [6.07, 6.45) is 58.4. The minimum Gasteiger partial charge on any atom is -0.544 e. The van der Waals surface area contributed by atoms with E-state index in [9.17, 15) is 19.5 Å². The van der Waals surface area contributed by atoms with Crippen molar-refractivity contribution in [1.82, 2.24) is 0 Å². The predicted octanol–water partition coefficient (Wildman–Crippen LogP) is 14.0. The first kappa shape index (κ1) is 61.0. The lowest BCUT2D eigenvalue weighted by atomic mass is 10.0. The van der Waals surface area contributed by atoms with Gasteiger partial charge in [-0.2, -0.15) is 0 Å². The van der Waals surface area contributed by atoms with Gasteiger partial charge in [0.15, 0.2) is 6.10 Å². The molecule has 0 spiro atoms. The van der Waals surface area contributed by atoms with Gasteiger partial charge < -0.3 is 28.6 Å². The number of carbonyl (C=O) groups excluding carboxylic acids is 3. The van der Waals surface area contributed by atoms with Gasteiger partial charge in [-0.3, -0.25) is 9.59 Å². The van der Waals surface area contributed by atoms with Crippen LogP contribution in [0.15, 0.2) is 60.8 Å². The van der Waals surface area contributed by atoms with E-state index >= 15 is 0 Å². The van der Waals surface area contributed by atoms with Crippen LogP contribution in [-0.4, -0.2) is 75.5 Å². The van der Waals surface area contributed by atoms with Crippen LogP contribution in [0.5, 0.6) is 0 Å². The largest absolute Gasteiger partial charge is 0.544 e. The van der Waals surface area contributed by atoms with E-state index in [0.29, 0.717) is 12.8 Å². The molecule has 0 N–H and O–H groups in total. The number of hydrogen-bond acceptors (Lipinski definition) is 7. The van der Waals surface area contributed by atoms with Crippen molar-refractivity contribution in [3.05, 3.63) is 60.8 Å². The summed E-state index contributed by atoms with van der Waals surface area (Å²) in [7, 11) is 5.40. The highest BCUT2D eigenvalue weighted by atomic mass is 16.6. The Labute approximate surface area is 394 Å². The normalized spacial score (nSPS) is 13.3. The van der Waals surface area contributed by atoms with Gasteiger partial charge in [0, 0.05) is 19.3 Å². The maximum atomic E-state index is 12.7. The molecule has 0 amide bonds. The van der Waals surface area contributed by atoms with Crippen LogP contribution < -0.4 is 5.11 Å². The number of carboxylic acids is 1. The van der Waals surface area contributed by atoms with E-state index in [-0.39, 0.29) is 49.1 Å². The summed E-state index contributed by atoms with van der Waals surface area (Å²) in [5.41, 5.74) is 0. The van der Waals surface area contributed by atoms with E-state index in [1.54, 1.807) is 21.1 Å². The summed E-state index contributed by atoms with van der Waals surface area (Å²) < 4.78 is 17.2. The molecule has 8 nitrogen and oxygen atoms in total. The number of quaternary nitrogens is 1. The number of nitrogens with zero attached hydrogens (tertiary/aromatic N) is 1. The molecule has 0 aliphatic heterocycles. The first-order chi connectivity index (χ1) is 31.1. The highest BCUT2D eigenvalue weighted by Crippen LogP contribution is 2.16. The molecule has 0 heterocycles. The summed E-state index contributed by atoms with van der Waals surface area (Å²) in [6, 6.07) is -0.738. The van der Waals surface area contributed by atoms with E-state index in [2.05, 4.69) is 74.6 Å². The molecule has 0 aliphatic rings. The molecular formula is C56H99NO7. The molecule has 0 saturated heterocycles. The van der Waals surface area contributed by atoms with Crippen LogP contribution in [0.1, 0.15) is 226 Å². The molecule has 0 aromatic carbocycles. The summed E-state index contributed by atoms with van der Waals surface area (Å²) in [5, 5.41) is 11.7. The molecule has 0 rings (SSSR count). The molecule has 2 unspecified atom stereocenters. The fourth-order valence-corrected chi connectivity index (χ4v) is 7.64. The minimum atomic E-state index is -1.13. The smallest absolute Gasteiger partial charge is 0.306 e. The van der Waals surface area contributed by atoms with Crippen LogP contribution in [0.3, 0.4) is 0 Å². The number of likely N-dealkylation sites (N-methyl/N-ethyl adjacent to an activating group) is 1. The predicted molar refractivity (Wildman–Crippen MR) is 268 cm³/mol. The average molecular weight is 898 g/mol. The van der Waals surface area contributed by atoms with Crippen LogP contribution in [-0.2, 0) is 28.6 Å². The van der Waals surface area contributed by atoms with Crippen molar-refractivity contribution in [2.24, 2.45) is 0 Å². The Bertz CT molecular complexity index is 1230. The van der Waals surface area contributed by atoms with Crippen molar-refractivity contribution >= 4 is 17.9 Å². The standard InChI is InChI=1S/C56H99NO7/c1-6-8-10-12-14-16-18-20-22-24-25-26-27-28-29-31-32-34-36-38-40-42-44-46-54(58)63-51-52(50-62-49-48-53(56(60)61)57(3,4)5)64-55(59)47-45-43-41-39-37-35-33-30-23-21-19-17-15-13-11-9-7-2/h9,11,15,17,21,23,33,35,39,41,52-53H,6-8,10,12-14,16,18-20,22,24-32,34,36-38,40,42-51H2,1-5H3/b11-9-,17-15-,23-21-,35-33-,41-39-. The lowest BCUT2D eigenvalue weighted by molar-refractivity contribution is -0.889. The zero-order chi connectivity index (χ0) is 47.0. The number of esters is 2. The fraction of sp³-hybridized carbons (Fsp3) is 0.768. The van der Waals surface area contributed by atoms with E-state index < -0.39 is 18.1 Å². The minimum absolute atomic E-state index is 0.0180. The van der Waals surface area contributed by atoms with Gasteiger partial charge in [-0.1, -0.05) is 216 Å². The SMILES string of the molecule is CC/C=C\C/C=C\C/C=C\C/C=C\C/C=C\CCCC(=O)OC(COCCC(C(=O)[O-])[N+](C)(C)C)COC(=O)CCCCCCCCCCCCCCCCCCCCCCCCC. The topological polar surface area (TPSA) is 102 Å². The molecule has 0 aromatic rings. The number of unbranched alkanes of at least 4 members (excludes halogenated alkanes) is 23. The van der Waals surface area contributed by atoms with Crippen LogP contribution in [0.2, 0.25) is 0 Å². The second-order valence-electron chi connectivity index (χ2n) is 18.7. The van der Waals surface area contributed by atoms with E-state index in [1.165, 1.54) is 128 Å². The molecule has 0 bridgehead atoms. The van der Waals surface area contributed by atoms with E-state index in [1.807, 2.05) is 0 Å².